The van der Waals surface area contributed by atoms with Gasteiger partial charge in [0.15, 0.2) is 0 Å². The summed E-state index contributed by atoms with van der Waals surface area (Å²) >= 11 is 5.95. The van der Waals surface area contributed by atoms with E-state index < -0.39 is 10.0 Å². The van der Waals surface area contributed by atoms with Crippen molar-refractivity contribution in [2.24, 2.45) is 5.14 Å². The first-order chi connectivity index (χ1) is 11.4. The summed E-state index contributed by atoms with van der Waals surface area (Å²) in [5, 5.41) is 14.7. The summed E-state index contributed by atoms with van der Waals surface area (Å²) in [7, 11) is -3.76. The number of anilines is 2. The molecule has 0 aliphatic rings. The monoisotopic (exact) mass is 366 g/mol. The summed E-state index contributed by atoms with van der Waals surface area (Å²) in [6, 6.07) is 8.73. The average molecular weight is 367 g/mol. The molecule has 0 spiro atoms. The second kappa shape index (κ2) is 6.43. The minimum absolute atomic E-state index is 0.00660. The van der Waals surface area contributed by atoms with Crippen molar-refractivity contribution in [1.82, 2.24) is 20.2 Å². The first-order valence-electron chi connectivity index (χ1n) is 6.52. The molecule has 2 aromatic heterocycles. The zero-order chi connectivity index (χ0) is 17.2. The number of hydrogen-bond acceptors (Lipinski definition) is 7. The predicted molar refractivity (Wildman–Crippen MR) is 86.8 cm³/mol. The first kappa shape index (κ1) is 16.2. The fourth-order valence-electron chi connectivity index (χ4n) is 1.77. The van der Waals surface area contributed by atoms with Crippen LogP contribution in [0, 0.1) is 0 Å². The average Bonchev–Trinajstić information content (AvgIpc) is 2.99. The summed E-state index contributed by atoms with van der Waals surface area (Å²) in [4.78, 5) is 8.08. The highest BCUT2D eigenvalue weighted by molar-refractivity contribution is 7.89. The molecule has 0 bridgehead atoms. The van der Waals surface area contributed by atoms with Crippen LogP contribution < -0.4 is 15.2 Å². The lowest BCUT2D eigenvalue weighted by molar-refractivity contribution is 0.442. The Balaban J connectivity index is 1.81. The zero-order valence-corrected chi connectivity index (χ0v) is 13.5. The SMILES string of the molecule is NS(=O)(=O)c1ccc(Oc2nc(Cl)cc(Nc3ccn[nH]3)n2)cc1. The van der Waals surface area contributed by atoms with Crippen LogP contribution in [-0.2, 0) is 10.0 Å². The van der Waals surface area contributed by atoms with Crippen LogP contribution >= 0.6 is 11.6 Å². The van der Waals surface area contributed by atoms with Gasteiger partial charge in [-0.2, -0.15) is 15.1 Å². The number of nitrogens with one attached hydrogen (secondary N) is 2. The standard InChI is InChI=1S/C13H11ClN6O3S/c14-10-7-12(18-11-5-6-16-20-11)19-13(17-10)23-8-1-3-9(4-2-8)24(15,21)22/h1-7H,(H2,15,21,22)(H2,16,17,18,19,20). The Bertz CT molecular complexity index is 944. The molecule has 124 valence electrons. The van der Waals surface area contributed by atoms with Crippen molar-refractivity contribution >= 4 is 33.3 Å². The van der Waals surface area contributed by atoms with Crippen LogP contribution in [0.15, 0.2) is 47.5 Å². The van der Waals surface area contributed by atoms with E-state index in [4.69, 9.17) is 21.5 Å². The number of H-pyrrole nitrogens is 1. The number of rotatable bonds is 5. The highest BCUT2D eigenvalue weighted by atomic mass is 35.5. The number of nitrogens with zero attached hydrogens (tertiary/aromatic N) is 3. The summed E-state index contributed by atoms with van der Waals surface area (Å²) in [5.41, 5.74) is 0. The maximum Gasteiger partial charge on any atom is 0.325 e. The Morgan fingerprint density at radius 1 is 1.17 bits per heavy atom. The maximum absolute atomic E-state index is 11.2. The molecule has 11 heteroatoms. The molecule has 0 saturated carbocycles. The number of benzene rings is 1. The maximum atomic E-state index is 11.2. The largest absolute Gasteiger partial charge is 0.424 e. The van der Waals surface area contributed by atoms with Crippen molar-refractivity contribution in [2.75, 3.05) is 5.32 Å². The predicted octanol–water partition coefficient (Wildman–Crippen LogP) is 2.04. The highest BCUT2D eigenvalue weighted by Gasteiger charge is 2.10. The van der Waals surface area contributed by atoms with Gasteiger partial charge in [0.25, 0.3) is 0 Å². The van der Waals surface area contributed by atoms with Crippen molar-refractivity contribution in [2.45, 2.75) is 4.90 Å². The molecule has 0 atom stereocenters. The van der Waals surface area contributed by atoms with Crippen LogP contribution in [0.25, 0.3) is 0 Å². The fraction of sp³-hybridized carbons (Fsp3) is 0. The molecule has 0 fully saturated rings. The zero-order valence-electron chi connectivity index (χ0n) is 12.0. The third-order valence-electron chi connectivity index (χ3n) is 2.80. The number of ether oxygens (including phenoxy) is 1. The Hall–Kier alpha value is -2.69. The first-order valence-corrected chi connectivity index (χ1v) is 8.44. The fourth-order valence-corrected chi connectivity index (χ4v) is 2.46. The van der Waals surface area contributed by atoms with E-state index in [2.05, 4.69) is 25.5 Å². The summed E-state index contributed by atoms with van der Waals surface area (Å²) < 4.78 is 27.9. The van der Waals surface area contributed by atoms with E-state index in [0.29, 0.717) is 17.4 Å². The number of hydrogen-bond donors (Lipinski definition) is 3. The molecule has 3 aromatic rings. The van der Waals surface area contributed by atoms with Crippen molar-refractivity contribution < 1.29 is 13.2 Å². The Labute approximate surface area is 141 Å². The number of sulfonamides is 1. The number of halogens is 1. The summed E-state index contributed by atoms with van der Waals surface area (Å²) in [6.45, 7) is 0. The second-order valence-electron chi connectivity index (χ2n) is 4.57. The summed E-state index contributed by atoms with van der Waals surface area (Å²) in [5.74, 6) is 1.35. The van der Waals surface area contributed by atoms with Gasteiger partial charge >= 0.3 is 6.01 Å². The van der Waals surface area contributed by atoms with Crippen LogP contribution in [-0.4, -0.2) is 28.6 Å². The minimum atomic E-state index is -3.76. The molecule has 0 aliphatic heterocycles. The Morgan fingerprint density at radius 3 is 2.54 bits per heavy atom. The number of aromatic amines is 1. The van der Waals surface area contributed by atoms with Gasteiger partial charge in [0, 0.05) is 12.1 Å². The molecule has 2 heterocycles. The van der Waals surface area contributed by atoms with Crippen molar-refractivity contribution in [1.29, 1.82) is 0 Å². The van der Waals surface area contributed by atoms with Crippen LogP contribution in [0.4, 0.5) is 11.6 Å². The van der Waals surface area contributed by atoms with Gasteiger partial charge in [-0.15, -0.1) is 0 Å². The Kier molecular flexibility index (Phi) is 4.34. The lowest BCUT2D eigenvalue weighted by Gasteiger charge is -2.07. The van der Waals surface area contributed by atoms with Gasteiger partial charge in [-0.05, 0) is 24.3 Å². The molecule has 24 heavy (non-hydrogen) atoms. The Morgan fingerprint density at radius 2 is 1.92 bits per heavy atom. The van der Waals surface area contributed by atoms with Gasteiger partial charge in [0.05, 0.1) is 11.1 Å². The van der Waals surface area contributed by atoms with Gasteiger partial charge in [0.1, 0.15) is 22.5 Å². The van der Waals surface area contributed by atoms with Crippen molar-refractivity contribution in [3.05, 3.63) is 47.7 Å². The van der Waals surface area contributed by atoms with Gasteiger partial charge in [-0.1, -0.05) is 11.6 Å². The van der Waals surface area contributed by atoms with Crippen LogP contribution in [0.1, 0.15) is 0 Å². The molecule has 0 unspecified atom stereocenters. The van der Waals surface area contributed by atoms with Crippen LogP contribution in [0.2, 0.25) is 5.15 Å². The molecule has 0 aliphatic carbocycles. The number of nitrogens with two attached hydrogens (primary N) is 1. The number of primary sulfonamides is 1. The summed E-state index contributed by atoms with van der Waals surface area (Å²) in [6.07, 6.45) is 1.58. The minimum Gasteiger partial charge on any atom is -0.424 e. The molecular weight excluding hydrogens is 356 g/mol. The van der Waals surface area contributed by atoms with E-state index in [-0.39, 0.29) is 16.1 Å². The molecule has 9 nitrogen and oxygen atoms in total. The highest BCUT2D eigenvalue weighted by Crippen LogP contribution is 2.24. The molecular formula is C13H11ClN6O3S. The van der Waals surface area contributed by atoms with Crippen LogP contribution in [0.5, 0.6) is 11.8 Å². The van der Waals surface area contributed by atoms with Gasteiger partial charge < -0.3 is 10.1 Å². The van der Waals surface area contributed by atoms with Gasteiger partial charge in [0.2, 0.25) is 10.0 Å². The van der Waals surface area contributed by atoms with E-state index >= 15 is 0 Å². The van der Waals surface area contributed by atoms with E-state index in [1.54, 1.807) is 12.3 Å². The smallest absolute Gasteiger partial charge is 0.325 e. The van der Waals surface area contributed by atoms with E-state index in [9.17, 15) is 8.42 Å². The molecule has 3 rings (SSSR count). The topological polar surface area (TPSA) is 136 Å². The van der Waals surface area contributed by atoms with Crippen molar-refractivity contribution in [3.63, 3.8) is 0 Å². The molecule has 0 saturated heterocycles. The third kappa shape index (κ3) is 3.98. The van der Waals surface area contributed by atoms with E-state index in [0.717, 1.165) is 0 Å². The third-order valence-corrected chi connectivity index (χ3v) is 3.92. The molecule has 0 amide bonds. The lowest BCUT2D eigenvalue weighted by atomic mass is 10.3. The van der Waals surface area contributed by atoms with Gasteiger partial charge in [-0.3, -0.25) is 5.10 Å². The van der Waals surface area contributed by atoms with Crippen molar-refractivity contribution in [3.8, 4) is 11.8 Å². The normalized spacial score (nSPS) is 11.2. The molecule has 4 N–H and O–H groups in total. The van der Waals surface area contributed by atoms with E-state index in [1.165, 1.54) is 30.3 Å². The lowest BCUT2D eigenvalue weighted by Crippen LogP contribution is -2.11. The number of aromatic nitrogens is 4. The van der Waals surface area contributed by atoms with Crippen LogP contribution in [0.3, 0.4) is 0 Å². The van der Waals surface area contributed by atoms with Gasteiger partial charge in [-0.25, -0.2) is 13.6 Å². The second-order valence-corrected chi connectivity index (χ2v) is 6.52. The molecule has 1 aromatic carbocycles. The quantitative estimate of drug-likeness (QED) is 0.587. The van der Waals surface area contributed by atoms with E-state index in [1.807, 2.05) is 0 Å². The molecule has 0 radical (unpaired) electrons.